The van der Waals surface area contributed by atoms with Crippen LogP contribution in [0.25, 0.3) is 0 Å². The van der Waals surface area contributed by atoms with Crippen LogP contribution in [0.2, 0.25) is 0 Å². The monoisotopic (exact) mass is 401 g/mol. The number of esters is 1. The SMILES string of the molecule is CCOC(=O)C1=CC(OCCC2CCN(c3ccc(C)nn3)CC2)=CCC1=S. The van der Waals surface area contributed by atoms with Gasteiger partial charge in [0.2, 0.25) is 0 Å². The number of thiocarbonyl (C=S) groups is 1. The van der Waals surface area contributed by atoms with Gasteiger partial charge in [0.15, 0.2) is 5.82 Å². The number of carbonyl (C=O) groups is 1. The Bertz CT molecular complexity index is 766. The summed E-state index contributed by atoms with van der Waals surface area (Å²) in [6.45, 7) is 6.70. The van der Waals surface area contributed by atoms with Gasteiger partial charge in [-0.25, -0.2) is 4.79 Å². The van der Waals surface area contributed by atoms with Crippen LogP contribution in [0, 0.1) is 12.8 Å². The molecule has 0 N–H and O–H groups in total. The fourth-order valence-electron chi connectivity index (χ4n) is 3.42. The lowest BCUT2D eigenvalue weighted by Gasteiger charge is -2.32. The molecular weight excluding hydrogens is 374 g/mol. The molecule has 0 saturated carbocycles. The number of hydrogen-bond acceptors (Lipinski definition) is 7. The van der Waals surface area contributed by atoms with E-state index in [1.54, 1.807) is 13.0 Å². The summed E-state index contributed by atoms with van der Waals surface area (Å²) in [7, 11) is 0. The minimum Gasteiger partial charge on any atom is -0.494 e. The predicted octanol–water partition coefficient (Wildman–Crippen LogP) is 3.56. The van der Waals surface area contributed by atoms with E-state index in [-0.39, 0.29) is 5.97 Å². The lowest BCUT2D eigenvalue weighted by molar-refractivity contribution is -0.137. The number of carbonyl (C=O) groups excluding carboxylic acids is 1. The number of aromatic nitrogens is 2. The fraction of sp³-hybridized carbons (Fsp3) is 0.524. The Hall–Kier alpha value is -2.28. The molecule has 1 aliphatic carbocycles. The van der Waals surface area contributed by atoms with Gasteiger partial charge in [0, 0.05) is 24.4 Å². The van der Waals surface area contributed by atoms with Crippen LogP contribution in [0.15, 0.2) is 35.6 Å². The summed E-state index contributed by atoms with van der Waals surface area (Å²) in [5, 5.41) is 8.42. The molecule has 7 heteroatoms. The van der Waals surface area contributed by atoms with Gasteiger partial charge >= 0.3 is 5.97 Å². The lowest BCUT2D eigenvalue weighted by atomic mass is 9.94. The Kier molecular flexibility index (Phi) is 7.14. The minimum atomic E-state index is -0.367. The highest BCUT2D eigenvalue weighted by Gasteiger charge is 2.22. The van der Waals surface area contributed by atoms with Crippen molar-refractivity contribution in [2.45, 2.75) is 39.5 Å². The third kappa shape index (κ3) is 5.38. The first-order valence-electron chi connectivity index (χ1n) is 9.87. The number of ether oxygens (including phenoxy) is 2. The number of rotatable bonds is 7. The number of hydrogen-bond donors (Lipinski definition) is 0. The molecule has 2 aliphatic rings. The summed E-state index contributed by atoms with van der Waals surface area (Å²) in [4.78, 5) is 14.9. The Morgan fingerprint density at radius 1 is 1.29 bits per heavy atom. The van der Waals surface area contributed by atoms with Crippen molar-refractivity contribution in [3.8, 4) is 0 Å². The van der Waals surface area contributed by atoms with Crippen LogP contribution in [-0.4, -0.2) is 47.3 Å². The second kappa shape index (κ2) is 9.78. The van der Waals surface area contributed by atoms with Crippen molar-refractivity contribution in [2.75, 3.05) is 31.2 Å². The van der Waals surface area contributed by atoms with Crippen molar-refractivity contribution < 1.29 is 14.3 Å². The molecule has 0 amide bonds. The van der Waals surface area contributed by atoms with Crippen molar-refractivity contribution in [3.05, 3.63) is 41.3 Å². The van der Waals surface area contributed by atoms with Crippen molar-refractivity contribution in [3.63, 3.8) is 0 Å². The van der Waals surface area contributed by atoms with Crippen molar-refractivity contribution in [1.29, 1.82) is 0 Å². The molecule has 28 heavy (non-hydrogen) atoms. The van der Waals surface area contributed by atoms with Gasteiger partial charge < -0.3 is 14.4 Å². The van der Waals surface area contributed by atoms with E-state index >= 15 is 0 Å². The summed E-state index contributed by atoms with van der Waals surface area (Å²) < 4.78 is 11.0. The Balaban J connectivity index is 1.43. The van der Waals surface area contributed by atoms with E-state index in [0.29, 0.717) is 41.7 Å². The van der Waals surface area contributed by atoms with Gasteiger partial charge in [0.05, 0.1) is 24.5 Å². The second-order valence-corrected chi connectivity index (χ2v) is 7.61. The van der Waals surface area contributed by atoms with E-state index in [0.717, 1.165) is 43.9 Å². The summed E-state index contributed by atoms with van der Waals surface area (Å²) >= 11 is 5.26. The Morgan fingerprint density at radius 2 is 2.07 bits per heavy atom. The van der Waals surface area contributed by atoms with Gasteiger partial charge in [-0.3, -0.25) is 0 Å². The van der Waals surface area contributed by atoms with Gasteiger partial charge in [-0.2, -0.15) is 5.10 Å². The second-order valence-electron chi connectivity index (χ2n) is 7.11. The third-order valence-corrected chi connectivity index (χ3v) is 5.47. The molecular formula is C21H27N3O3S. The molecule has 0 aromatic carbocycles. The van der Waals surface area contributed by atoms with Gasteiger partial charge in [-0.15, -0.1) is 5.10 Å². The molecule has 1 aliphatic heterocycles. The molecule has 1 aromatic heterocycles. The average Bonchev–Trinajstić information content (AvgIpc) is 2.70. The summed E-state index contributed by atoms with van der Waals surface area (Å²) in [6, 6.07) is 4.04. The first kappa shape index (κ1) is 20.5. The maximum absolute atomic E-state index is 12.0. The first-order valence-corrected chi connectivity index (χ1v) is 10.3. The highest BCUT2D eigenvalue weighted by Crippen LogP contribution is 2.25. The highest BCUT2D eigenvalue weighted by molar-refractivity contribution is 7.81. The van der Waals surface area contributed by atoms with E-state index < -0.39 is 0 Å². The normalized spacial score (nSPS) is 17.8. The van der Waals surface area contributed by atoms with Gasteiger partial charge in [0.1, 0.15) is 5.76 Å². The van der Waals surface area contributed by atoms with Gasteiger partial charge in [-0.05, 0) is 63.3 Å². The number of aryl methyl sites for hydroxylation is 1. The maximum atomic E-state index is 12.0. The lowest BCUT2D eigenvalue weighted by Crippen LogP contribution is -2.34. The molecule has 6 nitrogen and oxygen atoms in total. The van der Waals surface area contributed by atoms with E-state index in [1.165, 1.54) is 0 Å². The van der Waals surface area contributed by atoms with Crippen LogP contribution >= 0.6 is 12.2 Å². The summed E-state index contributed by atoms with van der Waals surface area (Å²) in [5.74, 6) is 1.94. The summed E-state index contributed by atoms with van der Waals surface area (Å²) in [6.07, 6.45) is 7.42. The topological polar surface area (TPSA) is 64.6 Å². The molecule has 2 heterocycles. The number of piperidine rings is 1. The minimum absolute atomic E-state index is 0.339. The number of anilines is 1. The van der Waals surface area contributed by atoms with Crippen LogP contribution < -0.4 is 4.90 Å². The average molecular weight is 402 g/mol. The predicted molar refractivity (Wildman–Crippen MR) is 112 cm³/mol. The molecule has 0 spiro atoms. The van der Waals surface area contributed by atoms with Crippen LogP contribution in [0.4, 0.5) is 5.82 Å². The summed E-state index contributed by atoms with van der Waals surface area (Å²) in [5.41, 5.74) is 1.38. The Morgan fingerprint density at radius 3 is 2.75 bits per heavy atom. The largest absolute Gasteiger partial charge is 0.494 e. The quantitative estimate of drug-likeness (QED) is 0.511. The van der Waals surface area contributed by atoms with Crippen LogP contribution in [-0.2, 0) is 14.3 Å². The zero-order valence-electron chi connectivity index (χ0n) is 16.5. The van der Waals surface area contributed by atoms with E-state index in [4.69, 9.17) is 21.7 Å². The Labute approximate surface area is 171 Å². The van der Waals surface area contributed by atoms with E-state index in [9.17, 15) is 4.79 Å². The van der Waals surface area contributed by atoms with Crippen molar-refractivity contribution in [2.24, 2.45) is 5.92 Å². The maximum Gasteiger partial charge on any atom is 0.339 e. The van der Waals surface area contributed by atoms with Crippen molar-refractivity contribution >= 4 is 28.9 Å². The molecule has 150 valence electrons. The van der Waals surface area contributed by atoms with E-state index in [1.807, 2.05) is 25.1 Å². The van der Waals surface area contributed by atoms with Gasteiger partial charge in [0.25, 0.3) is 0 Å². The van der Waals surface area contributed by atoms with Crippen LogP contribution in [0.1, 0.15) is 38.3 Å². The molecule has 0 bridgehead atoms. The number of allylic oxidation sites excluding steroid dienone is 2. The third-order valence-electron chi connectivity index (χ3n) is 5.09. The zero-order valence-corrected chi connectivity index (χ0v) is 17.3. The molecule has 0 unspecified atom stereocenters. The molecule has 1 aromatic rings. The van der Waals surface area contributed by atoms with Crippen LogP contribution in [0.5, 0.6) is 0 Å². The standard InChI is InChI=1S/C21H27N3O3S/c1-3-26-21(25)18-14-17(5-6-19(18)28)27-13-10-16-8-11-24(12-9-16)20-7-4-15(2)22-23-20/h4-5,7,14,16H,3,6,8-13H2,1-2H3. The molecule has 3 rings (SSSR count). The van der Waals surface area contributed by atoms with Crippen molar-refractivity contribution in [1.82, 2.24) is 10.2 Å². The van der Waals surface area contributed by atoms with Gasteiger partial charge in [-0.1, -0.05) is 12.2 Å². The molecule has 1 saturated heterocycles. The van der Waals surface area contributed by atoms with Crippen LogP contribution in [0.3, 0.4) is 0 Å². The zero-order chi connectivity index (χ0) is 19.9. The fourth-order valence-corrected chi connectivity index (χ4v) is 3.65. The van der Waals surface area contributed by atoms with E-state index in [2.05, 4.69) is 15.1 Å². The number of nitrogens with zero attached hydrogens (tertiary/aromatic N) is 3. The highest BCUT2D eigenvalue weighted by atomic mass is 32.1. The smallest absolute Gasteiger partial charge is 0.339 e. The first-order chi connectivity index (χ1) is 13.6. The molecule has 0 radical (unpaired) electrons. The molecule has 0 atom stereocenters. The molecule has 1 fully saturated rings.